The molecule has 2 N–H and O–H groups in total. The summed E-state index contributed by atoms with van der Waals surface area (Å²) in [5, 5.41) is 12.0. The molecule has 0 radical (unpaired) electrons. The molecule has 0 rings (SSSR count). The first-order chi connectivity index (χ1) is 6.59. The lowest BCUT2D eigenvalue weighted by molar-refractivity contribution is -0.140. The second-order valence-corrected chi connectivity index (χ2v) is 4.07. The largest absolute Gasteiger partial charge is 0.480 e. The topological polar surface area (TPSA) is 49.3 Å². The van der Waals surface area contributed by atoms with Gasteiger partial charge in [-0.2, -0.15) is 0 Å². The molecule has 0 spiro atoms. The molecule has 0 bridgehead atoms. The monoisotopic (exact) mass is 201 g/mol. The number of hydrogen-bond acceptors (Lipinski definition) is 2. The zero-order chi connectivity index (χ0) is 11.0. The molecule has 3 nitrogen and oxygen atoms in total. The third kappa shape index (κ3) is 5.97. The van der Waals surface area contributed by atoms with E-state index in [-0.39, 0.29) is 5.92 Å². The highest BCUT2D eigenvalue weighted by atomic mass is 16.4. The predicted molar refractivity (Wildman–Crippen MR) is 58.4 cm³/mol. The van der Waals surface area contributed by atoms with Crippen LogP contribution in [-0.2, 0) is 4.79 Å². The van der Waals surface area contributed by atoms with Crippen LogP contribution in [0.1, 0.15) is 46.5 Å². The van der Waals surface area contributed by atoms with Gasteiger partial charge in [-0.25, -0.2) is 0 Å². The van der Waals surface area contributed by atoms with E-state index < -0.39 is 12.0 Å². The van der Waals surface area contributed by atoms with Crippen molar-refractivity contribution in [2.75, 3.05) is 6.54 Å². The minimum absolute atomic E-state index is 0.152. The number of carboxylic acids is 1. The fraction of sp³-hybridized carbons (Fsp3) is 0.909. The molecule has 1 unspecified atom stereocenters. The highest BCUT2D eigenvalue weighted by Gasteiger charge is 2.19. The minimum atomic E-state index is -0.740. The van der Waals surface area contributed by atoms with E-state index >= 15 is 0 Å². The Morgan fingerprint density at radius 3 is 2.36 bits per heavy atom. The maximum Gasteiger partial charge on any atom is 0.320 e. The van der Waals surface area contributed by atoms with E-state index in [1.54, 1.807) is 0 Å². The van der Waals surface area contributed by atoms with Crippen LogP contribution in [0.15, 0.2) is 0 Å². The highest BCUT2D eigenvalue weighted by Crippen LogP contribution is 2.03. The molecule has 0 aromatic carbocycles. The van der Waals surface area contributed by atoms with E-state index in [1.807, 2.05) is 13.8 Å². The van der Waals surface area contributed by atoms with Crippen molar-refractivity contribution in [3.63, 3.8) is 0 Å². The van der Waals surface area contributed by atoms with E-state index in [2.05, 4.69) is 12.2 Å². The lowest BCUT2D eigenvalue weighted by atomic mass is 10.0. The van der Waals surface area contributed by atoms with E-state index in [0.29, 0.717) is 0 Å². The molecule has 0 saturated carbocycles. The van der Waals surface area contributed by atoms with Gasteiger partial charge >= 0.3 is 5.97 Å². The van der Waals surface area contributed by atoms with Gasteiger partial charge in [-0.1, -0.05) is 40.0 Å². The van der Waals surface area contributed by atoms with E-state index in [4.69, 9.17) is 5.11 Å². The SMILES string of the molecule is CCCCCCNC(C(=O)O)C(C)C. The second-order valence-electron chi connectivity index (χ2n) is 4.07. The molecule has 0 heterocycles. The maximum absolute atomic E-state index is 10.8. The molecular formula is C11H23NO2. The molecule has 0 saturated heterocycles. The molecular weight excluding hydrogens is 178 g/mol. The van der Waals surface area contributed by atoms with Crippen molar-refractivity contribution < 1.29 is 9.90 Å². The number of carbonyl (C=O) groups is 1. The number of rotatable bonds is 8. The van der Waals surface area contributed by atoms with Crippen LogP contribution in [0.3, 0.4) is 0 Å². The Bertz CT molecular complexity index is 157. The lowest BCUT2D eigenvalue weighted by Crippen LogP contribution is -2.41. The zero-order valence-corrected chi connectivity index (χ0v) is 9.55. The molecule has 0 aliphatic rings. The Labute approximate surface area is 86.9 Å². The summed E-state index contributed by atoms with van der Waals surface area (Å²) >= 11 is 0. The molecule has 84 valence electrons. The number of unbranched alkanes of at least 4 members (excludes halogenated alkanes) is 3. The van der Waals surface area contributed by atoms with Crippen molar-refractivity contribution in [1.82, 2.24) is 5.32 Å². The van der Waals surface area contributed by atoms with E-state index in [9.17, 15) is 4.79 Å². The van der Waals surface area contributed by atoms with Crippen molar-refractivity contribution in [3.05, 3.63) is 0 Å². The van der Waals surface area contributed by atoms with Crippen molar-refractivity contribution in [2.45, 2.75) is 52.5 Å². The van der Waals surface area contributed by atoms with Crippen molar-refractivity contribution in [1.29, 1.82) is 0 Å². The molecule has 0 amide bonds. The third-order valence-corrected chi connectivity index (χ3v) is 2.33. The third-order valence-electron chi connectivity index (χ3n) is 2.33. The summed E-state index contributed by atoms with van der Waals surface area (Å²) in [7, 11) is 0. The van der Waals surface area contributed by atoms with Gasteiger partial charge in [0.15, 0.2) is 0 Å². The van der Waals surface area contributed by atoms with Gasteiger partial charge in [0.05, 0.1) is 0 Å². The predicted octanol–water partition coefficient (Wildman–Crippen LogP) is 2.27. The Hall–Kier alpha value is -0.570. The molecule has 0 aliphatic heterocycles. The van der Waals surface area contributed by atoms with E-state index in [0.717, 1.165) is 13.0 Å². The van der Waals surface area contributed by atoms with Crippen LogP contribution in [-0.4, -0.2) is 23.7 Å². The quantitative estimate of drug-likeness (QED) is 0.592. The summed E-state index contributed by atoms with van der Waals surface area (Å²) < 4.78 is 0. The molecule has 0 aliphatic carbocycles. The molecule has 0 aromatic heterocycles. The first-order valence-electron chi connectivity index (χ1n) is 5.55. The van der Waals surface area contributed by atoms with Crippen LogP contribution >= 0.6 is 0 Å². The summed E-state index contributed by atoms with van der Waals surface area (Å²) in [4.78, 5) is 10.8. The standard InChI is InChI=1S/C11H23NO2/c1-4-5-6-7-8-12-10(9(2)3)11(13)14/h9-10,12H,4-8H2,1-3H3,(H,13,14). The number of aliphatic carboxylic acids is 1. The first-order valence-corrected chi connectivity index (χ1v) is 5.55. The fourth-order valence-electron chi connectivity index (χ4n) is 1.42. The molecule has 3 heteroatoms. The van der Waals surface area contributed by atoms with Crippen LogP contribution < -0.4 is 5.32 Å². The van der Waals surface area contributed by atoms with Gasteiger partial charge in [-0.15, -0.1) is 0 Å². The first kappa shape index (κ1) is 13.4. The van der Waals surface area contributed by atoms with Crippen LogP contribution in [0, 0.1) is 5.92 Å². The molecule has 1 atom stereocenters. The normalized spacial score (nSPS) is 13.1. The Balaban J connectivity index is 3.57. The Morgan fingerprint density at radius 2 is 1.93 bits per heavy atom. The average molecular weight is 201 g/mol. The summed E-state index contributed by atoms with van der Waals surface area (Å²) in [6.45, 7) is 6.84. The Morgan fingerprint density at radius 1 is 1.29 bits per heavy atom. The number of nitrogens with one attached hydrogen (secondary N) is 1. The molecule has 0 fully saturated rings. The smallest absolute Gasteiger partial charge is 0.320 e. The van der Waals surface area contributed by atoms with Crippen molar-refractivity contribution >= 4 is 5.97 Å². The van der Waals surface area contributed by atoms with Gasteiger partial charge in [0.2, 0.25) is 0 Å². The zero-order valence-electron chi connectivity index (χ0n) is 9.55. The van der Waals surface area contributed by atoms with Crippen LogP contribution in [0.25, 0.3) is 0 Å². The number of carboxylic acid groups (broad SMARTS) is 1. The lowest BCUT2D eigenvalue weighted by Gasteiger charge is -2.17. The van der Waals surface area contributed by atoms with Crippen LogP contribution in [0.5, 0.6) is 0 Å². The van der Waals surface area contributed by atoms with Gasteiger partial charge in [0.25, 0.3) is 0 Å². The summed E-state index contributed by atoms with van der Waals surface area (Å²) in [5.74, 6) is -0.589. The van der Waals surface area contributed by atoms with Gasteiger partial charge in [0, 0.05) is 0 Å². The minimum Gasteiger partial charge on any atom is -0.480 e. The number of hydrogen-bond donors (Lipinski definition) is 2. The maximum atomic E-state index is 10.8. The van der Waals surface area contributed by atoms with Gasteiger partial charge in [-0.05, 0) is 18.9 Å². The van der Waals surface area contributed by atoms with Crippen LogP contribution in [0.2, 0.25) is 0 Å². The van der Waals surface area contributed by atoms with Crippen molar-refractivity contribution in [3.8, 4) is 0 Å². The van der Waals surface area contributed by atoms with E-state index in [1.165, 1.54) is 19.3 Å². The van der Waals surface area contributed by atoms with Gasteiger partial charge < -0.3 is 10.4 Å². The van der Waals surface area contributed by atoms with Gasteiger partial charge in [-0.3, -0.25) is 4.79 Å². The summed E-state index contributed by atoms with van der Waals surface area (Å²) in [6.07, 6.45) is 4.71. The highest BCUT2D eigenvalue weighted by molar-refractivity contribution is 5.73. The summed E-state index contributed by atoms with van der Waals surface area (Å²) in [6, 6.07) is -0.392. The van der Waals surface area contributed by atoms with Crippen LogP contribution in [0.4, 0.5) is 0 Å². The average Bonchev–Trinajstić information content (AvgIpc) is 2.09. The van der Waals surface area contributed by atoms with Gasteiger partial charge in [0.1, 0.15) is 6.04 Å². The fourth-order valence-corrected chi connectivity index (χ4v) is 1.42. The van der Waals surface area contributed by atoms with Crippen molar-refractivity contribution in [2.24, 2.45) is 5.92 Å². The molecule has 14 heavy (non-hydrogen) atoms. The Kier molecular flexibility index (Phi) is 7.48. The summed E-state index contributed by atoms with van der Waals surface area (Å²) in [5.41, 5.74) is 0. The molecule has 0 aromatic rings. The second kappa shape index (κ2) is 7.80.